The van der Waals surface area contributed by atoms with Crippen LogP contribution in [0, 0.1) is 0 Å². The highest BCUT2D eigenvalue weighted by molar-refractivity contribution is 5.33. The molecule has 110 valence electrons. The van der Waals surface area contributed by atoms with E-state index in [1.165, 1.54) is 38.0 Å². The Morgan fingerprint density at radius 2 is 2.10 bits per heavy atom. The zero-order valence-corrected chi connectivity index (χ0v) is 12.7. The molecule has 3 heteroatoms. The van der Waals surface area contributed by atoms with Crippen LogP contribution in [0.2, 0.25) is 0 Å². The first-order valence-corrected chi connectivity index (χ1v) is 7.96. The Bertz CT molecular complexity index is 448. The number of hydrogen-bond donors (Lipinski definition) is 0. The van der Waals surface area contributed by atoms with Crippen molar-refractivity contribution in [3.05, 3.63) is 29.8 Å². The third kappa shape index (κ3) is 2.84. The molecule has 0 saturated carbocycles. The van der Waals surface area contributed by atoms with Gasteiger partial charge in [-0.3, -0.25) is 9.80 Å². The van der Waals surface area contributed by atoms with Gasteiger partial charge < -0.3 is 4.74 Å². The summed E-state index contributed by atoms with van der Waals surface area (Å²) in [6.45, 7) is 9.90. The first kappa shape index (κ1) is 13.9. The van der Waals surface area contributed by atoms with E-state index in [-0.39, 0.29) is 0 Å². The van der Waals surface area contributed by atoms with E-state index >= 15 is 0 Å². The van der Waals surface area contributed by atoms with Crippen molar-refractivity contribution in [1.29, 1.82) is 0 Å². The number of ether oxygens (including phenoxy) is 1. The standard InChI is InChI=1S/C17H26N2O/c1-3-20-17-9-5-4-7-15(17)12-19-13-16-8-6-10-18(16)11-14(19)2/h4-5,7,9,14,16H,3,6,8,10-13H2,1-2H3/t14-,16?/m0/s1. The summed E-state index contributed by atoms with van der Waals surface area (Å²) >= 11 is 0. The molecule has 0 amide bonds. The molecule has 20 heavy (non-hydrogen) atoms. The molecule has 0 radical (unpaired) electrons. The number of para-hydroxylation sites is 1. The summed E-state index contributed by atoms with van der Waals surface area (Å²) in [5.41, 5.74) is 1.33. The highest BCUT2D eigenvalue weighted by Gasteiger charge is 2.34. The Morgan fingerprint density at radius 3 is 2.95 bits per heavy atom. The molecule has 2 fully saturated rings. The highest BCUT2D eigenvalue weighted by atomic mass is 16.5. The van der Waals surface area contributed by atoms with Gasteiger partial charge in [0.1, 0.15) is 5.75 Å². The third-order valence-electron chi connectivity index (χ3n) is 4.71. The topological polar surface area (TPSA) is 15.7 Å². The van der Waals surface area contributed by atoms with Crippen molar-refractivity contribution in [2.75, 3.05) is 26.2 Å². The lowest BCUT2D eigenvalue weighted by molar-refractivity contribution is 0.0534. The summed E-state index contributed by atoms with van der Waals surface area (Å²) in [5.74, 6) is 1.05. The molecular weight excluding hydrogens is 248 g/mol. The predicted octanol–water partition coefficient (Wildman–Crippen LogP) is 2.75. The number of hydrogen-bond acceptors (Lipinski definition) is 3. The minimum Gasteiger partial charge on any atom is -0.494 e. The largest absolute Gasteiger partial charge is 0.494 e. The van der Waals surface area contributed by atoms with E-state index < -0.39 is 0 Å². The van der Waals surface area contributed by atoms with Gasteiger partial charge in [-0.1, -0.05) is 18.2 Å². The lowest BCUT2D eigenvalue weighted by Crippen LogP contribution is -2.54. The first-order chi connectivity index (χ1) is 9.78. The fraction of sp³-hybridized carbons (Fsp3) is 0.647. The van der Waals surface area contributed by atoms with E-state index in [0.29, 0.717) is 6.04 Å². The van der Waals surface area contributed by atoms with Crippen LogP contribution in [0.3, 0.4) is 0 Å². The van der Waals surface area contributed by atoms with E-state index in [1.807, 2.05) is 0 Å². The molecule has 1 unspecified atom stereocenters. The molecule has 3 rings (SSSR count). The molecule has 0 bridgehead atoms. The van der Waals surface area contributed by atoms with Crippen LogP contribution in [0.4, 0.5) is 0 Å². The van der Waals surface area contributed by atoms with Gasteiger partial charge in [0.2, 0.25) is 0 Å². The van der Waals surface area contributed by atoms with E-state index in [0.717, 1.165) is 24.9 Å². The summed E-state index contributed by atoms with van der Waals surface area (Å²) in [5, 5.41) is 0. The summed E-state index contributed by atoms with van der Waals surface area (Å²) in [4.78, 5) is 5.31. The number of piperazine rings is 1. The van der Waals surface area contributed by atoms with Gasteiger partial charge in [0, 0.05) is 37.3 Å². The Labute approximate surface area is 122 Å². The van der Waals surface area contributed by atoms with Crippen molar-refractivity contribution in [2.24, 2.45) is 0 Å². The Balaban J connectivity index is 1.70. The van der Waals surface area contributed by atoms with Crippen LogP contribution in [0.1, 0.15) is 32.3 Å². The lowest BCUT2D eigenvalue weighted by atomic mass is 10.1. The maximum atomic E-state index is 5.76. The third-order valence-corrected chi connectivity index (χ3v) is 4.71. The predicted molar refractivity (Wildman–Crippen MR) is 82.1 cm³/mol. The van der Waals surface area contributed by atoms with Crippen LogP contribution in [0.15, 0.2) is 24.3 Å². The van der Waals surface area contributed by atoms with Crippen molar-refractivity contribution < 1.29 is 4.74 Å². The molecule has 0 N–H and O–H groups in total. The quantitative estimate of drug-likeness (QED) is 0.839. The lowest BCUT2D eigenvalue weighted by Gasteiger charge is -2.42. The minimum atomic E-state index is 0.638. The summed E-state index contributed by atoms with van der Waals surface area (Å²) in [7, 11) is 0. The molecule has 2 saturated heterocycles. The van der Waals surface area contributed by atoms with Crippen LogP contribution in [0.5, 0.6) is 5.75 Å². The number of rotatable bonds is 4. The van der Waals surface area contributed by atoms with E-state index in [9.17, 15) is 0 Å². The second-order valence-electron chi connectivity index (χ2n) is 6.11. The molecule has 3 nitrogen and oxygen atoms in total. The zero-order valence-electron chi connectivity index (χ0n) is 12.7. The molecule has 0 spiro atoms. The van der Waals surface area contributed by atoms with E-state index in [2.05, 4.69) is 47.9 Å². The van der Waals surface area contributed by atoms with Crippen LogP contribution >= 0.6 is 0 Å². The number of fused-ring (bicyclic) bond motifs is 1. The molecule has 2 atom stereocenters. The van der Waals surface area contributed by atoms with Gasteiger partial charge in [0.25, 0.3) is 0 Å². The van der Waals surface area contributed by atoms with E-state index in [4.69, 9.17) is 4.74 Å². The van der Waals surface area contributed by atoms with Crippen molar-refractivity contribution in [1.82, 2.24) is 9.80 Å². The van der Waals surface area contributed by atoms with Crippen LogP contribution in [0.25, 0.3) is 0 Å². The molecule has 2 aliphatic heterocycles. The van der Waals surface area contributed by atoms with Crippen molar-refractivity contribution in [2.45, 2.75) is 45.3 Å². The monoisotopic (exact) mass is 274 g/mol. The van der Waals surface area contributed by atoms with Crippen LogP contribution < -0.4 is 4.74 Å². The molecule has 2 aliphatic rings. The van der Waals surface area contributed by atoms with Crippen LogP contribution in [-0.4, -0.2) is 48.1 Å². The van der Waals surface area contributed by atoms with E-state index in [1.54, 1.807) is 0 Å². The van der Waals surface area contributed by atoms with Gasteiger partial charge >= 0.3 is 0 Å². The smallest absolute Gasteiger partial charge is 0.123 e. The SMILES string of the molecule is CCOc1ccccc1CN1CC2CCCN2C[C@@H]1C. The normalized spacial score (nSPS) is 27.5. The Kier molecular flexibility index (Phi) is 4.27. The first-order valence-electron chi connectivity index (χ1n) is 7.96. The molecule has 2 heterocycles. The number of nitrogens with zero attached hydrogens (tertiary/aromatic N) is 2. The second kappa shape index (κ2) is 6.15. The summed E-state index contributed by atoms with van der Waals surface area (Å²) in [6.07, 6.45) is 2.75. The van der Waals surface area contributed by atoms with Gasteiger partial charge in [0.15, 0.2) is 0 Å². The molecule has 1 aromatic rings. The summed E-state index contributed by atoms with van der Waals surface area (Å²) < 4.78 is 5.76. The van der Waals surface area contributed by atoms with Gasteiger partial charge in [0.05, 0.1) is 6.61 Å². The average molecular weight is 274 g/mol. The highest BCUT2D eigenvalue weighted by Crippen LogP contribution is 2.27. The number of benzene rings is 1. The Morgan fingerprint density at radius 1 is 1.25 bits per heavy atom. The maximum absolute atomic E-state index is 5.76. The molecule has 0 aromatic heterocycles. The molecule has 1 aromatic carbocycles. The van der Waals surface area contributed by atoms with Crippen molar-refractivity contribution in [3.8, 4) is 5.75 Å². The fourth-order valence-corrected chi connectivity index (χ4v) is 3.62. The van der Waals surface area contributed by atoms with Gasteiger partial charge in [-0.25, -0.2) is 0 Å². The fourth-order valence-electron chi connectivity index (χ4n) is 3.62. The van der Waals surface area contributed by atoms with Crippen molar-refractivity contribution >= 4 is 0 Å². The second-order valence-corrected chi connectivity index (χ2v) is 6.11. The zero-order chi connectivity index (χ0) is 13.9. The van der Waals surface area contributed by atoms with Gasteiger partial charge in [-0.2, -0.15) is 0 Å². The summed E-state index contributed by atoms with van der Waals surface area (Å²) in [6, 6.07) is 9.90. The van der Waals surface area contributed by atoms with Crippen LogP contribution in [-0.2, 0) is 6.54 Å². The molecule has 0 aliphatic carbocycles. The van der Waals surface area contributed by atoms with Gasteiger partial charge in [-0.05, 0) is 39.3 Å². The maximum Gasteiger partial charge on any atom is 0.123 e. The van der Waals surface area contributed by atoms with Gasteiger partial charge in [-0.15, -0.1) is 0 Å². The van der Waals surface area contributed by atoms with Crippen molar-refractivity contribution in [3.63, 3.8) is 0 Å². The average Bonchev–Trinajstić information content (AvgIpc) is 2.88. The Hall–Kier alpha value is -1.06. The minimum absolute atomic E-state index is 0.638. The molecular formula is C17H26N2O.